The molecular formula is C17H34N2O4S. The summed E-state index contributed by atoms with van der Waals surface area (Å²) >= 11 is 0. The smallest absolute Gasteiger partial charge is 0.252 e. The number of quaternary nitrogens is 1. The number of nitrogens with zero attached hydrogens (tertiary/aromatic N) is 1. The van der Waals surface area contributed by atoms with Gasteiger partial charge in [0, 0.05) is 23.9 Å². The van der Waals surface area contributed by atoms with E-state index in [1.54, 1.807) is 13.1 Å². The molecule has 0 saturated carbocycles. The molecular weight excluding hydrogens is 328 g/mol. The van der Waals surface area contributed by atoms with Gasteiger partial charge in [0.2, 0.25) is 0 Å². The molecule has 1 aliphatic rings. The Kier molecular flexibility index (Phi) is 11.2. The van der Waals surface area contributed by atoms with Crippen LogP contribution in [-0.4, -0.2) is 55.3 Å². The molecule has 0 aliphatic carbocycles. The van der Waals surface area contributed by atoms with E-state index in [0.717, 1.165) is 49.1 Å². The number of nitrogens with one attached hydrogen (secondary N) is 1. The van der Waals surface area contributed by atoms with Gasteiger partial charge in [0.1, 0.15) is 0 Å². The summed E-state index contributed by atoms with van der Waals surface area (Å²) in [6, 6.07) is 0. The Morgan fingerprint density at radius 3 is 1.75 bits per heavy atom. The van der Waals surface area contributed by atoms with E-state index < -0.39 is 10.1 Å². The molecule has 0 spiro atoms. The van der Waals surface area contributed by atoms with Gasteiger partial charge in [0.25, 0.3) is 5.91 Å². The number of carbonyl (C=O) groups is 1. The zero-order valence-corrected chi connectivity index (χ0v) is 16.5. The molecule has 24 heavy (non-hydrogen) atoms. The largest absolute Gasteiger partial charge is 0.748 e. The lowest BCUT2D eigenvalue weighted by molar-refractivity contribution is -0.927. The molecule has 0 saturated heterocycles. The zero-order chi connectivity index (χ0) is 18.6. The number of hydrogen-bond donors (Lipinski definition) is 1. The predicted molar refractivity (Wildman–Crippen MR) is 96.3 cm³/mol. The fourth-order valence-electron chi connectivity index (χ4n) is 2.65. The highest BCUT2D eigenvalue weighted by atomic mass is 32.2. The van der Waals surface area contributed by atoms with Gasteiger partial charge in [0.15, 0.2) is 0 Å². The Morgan fingerprint density at radius 1 is 1.04 bits per heavy atom. The molecule has 0 unspecified atom stereocenters. The van der Waals surface area contributed by atoms with Gasteiger partial charge >= 0.3 is 0 Å². The second-order valence-electron chi connectivity index (χ2n) is 6.45. The normalized spacial score (nSPS) is 14.2. The lowest BCUT2D eigenvalue weighted by Crippen LogP contribution is -2.50. The van der Waals surface area contributed by atoms with E-state index in [1.165, 1.54) is 12.8 Å². The predicted octanol–water partition coefficient (Wildman–Crippen LogP) is 2.38. The van der Waals surface area contributed by atoms with Crippen molar-refractivity contribution in [2.75, 3.05) is 31.9 Å². The first-order valence-electron chi connectivity index (χ1n) is 8.96. The molecule has 0 fully saturated rings. The van der Waals surface area contributed by atoms with Gasteiger partial charge in [-0.3, -0.25) is 4.79 Å². The highest BCUT2D eigenvalue weighted by Gasteiger charge is 2.23. The zero-order valence-electron chi connectivity index (χ0n) is 15.6. The van der Waals surface area contributed by atoms with Gasteiger partial charge in [-0.15, -0.1) is 0 Å². The second-order valence-corrected chi connectivity index (χ2v) is 7.98. The molecule has 6 nitrogen and oxygen atoms in total. The Morgan fingerprint density at radius 2 is 1.50 bits per heavy atom. The summed E-state index contributed by atoms with van der Waals surface area (Å²) in [6.45, 7) is 12.3. The van der Waals surface area contributed by atoms with E-state index in [-0.39, 0.29) is 11.7 Å². The van der Waals surface area contributed by atoms with Crippen molar-refractivity contribution in [1.82, 2.24) is 5.32 Å². The van der Waals surface area contributed by atoms with Crippen LogP contribution in [0.4, 0.5) is 0 Å². The number of unbranched alkanes of at least 4 members (excludes halogenated alkanes) is 2. The quantitative estimate of drug-likeness (QED) is 0.452. The van der Waals surface area contributed by atoms with Crippen molar-refractivity contribution < 1.29 is 22.2 Å². The highest BCUT2D eigenvalue weighted by Crippen LogP contribution is 2.13. The maximum Gasteiger partial charge on any atom is 0.252 e. The van der Waals surface area contributed by atoms with Gasteiger partial charge < -0.3 is 14.4 Å². The molecule has 1 N–H and O–H groups in total. The van der Waals surface area contributed by atoms with E-state index in [4.69, 9.17) is 0 Å². The molecule has 7 heteroatoms. The third-order valence-electron chi connectivity index (χ3n) is 4.45. The molecule has 1 heterocycles. The minimum atomic E-state index is -4.06. The Labute approximate surface area is 147 Å². The van der Waals surface area contributed by atoms with Crippen LogP contribution in [0.15, 0.2) is 11.8 Å². The molecule has 0 aromatic heterocycles. The van der Waals surface area contributed by atoms with Gasteiger partial charge in [-0.1, -0.05) is 26.7 Å². The molecule has 0 bridgehead atoms. The number of amides is 1. The first-order chi connectivity index (χ1) is 11.2. The van der Waals surface area contributed by atoms with Gasteiger partial charge in [-0.2, -0.15) is 0 Å². The molecule has 142 valence electrons. The molecule has 0 radical (unpaired) electrons. The summed E-state index contributed by atoms with van der Waals surface area (Å²) in [5, 5.41) is 2.46. The maximum absolute atomic E-state index is 10.7. The molecule has 0 aromatic rings. The Bertz CT molecular complexity index is 493. The molecule has 1 amide bonds. The van der Waals surface area contributed by atoms with E-state index >= 15 is 0 Å². The Hall–Kier alpha value is -0.920. The van der Waals surface area contributed by atoms with E-state index in [9.17, 15) is 17.8 Å². The van der Waals surface area contributed by atoms with Crippen LogP contribution in [0, 0.1) is 0 Å². The average Bonchev–Trinajstić information content (AvgIpc) is 2.54. The van der Waals surface area contributed by atoms with Crippen molar-refractivity contribution in [3.05, 3.63) is 11.8 Å². The van der Waals surface area contributed by atoms with Crippen LogP contribution in [0.25, 0.3) is 0 Å². The van der Waals surface area contributed by atoms with Crippen molar-refractivity contribution in [3.8, 4) is 0 Å². The third-order valence-corrected chi connectivity index (χ3v) is 5.24. The molecule has 1 aliphatic heterocycles. The van der Waals surface area contributed by atoms with Crippen LogP contribution >= 0.6 is 0 Å². The fraction of sp³-hybridized carbons (Fsp3) is 0.824. The lowest BCUT2D eigenvalue weighted by Gasteiger charge is -2.38. The van der Waals surface area contributed by atoms with Crippen LogP contribution in [-0.2, 0) is 14.9 Å². The molecule has 1 rings (SSSR count). The third kappa shape index (κ3) is 10.1. The molecule has 0 atom stereocenters. The van der Waals surface area contributed by atoms with Crippen molar-refractivity contribution >= 4 is 16.0 Å². The van der Waals surface area contributed by atoms with Crippen molar-refractivity contribution in [2.24, 2.45) is 0 Å². The minimum Gasteiger partial charge on any atom is -0.748 e. The van der Waals surface area contributed by atoms with E-state index in [1.807, 2.05) is 0 Å². The van der Waals surface area contributed by atoms with Crippen molar-refractivity contribution in [2.45, 2.75) is 59.8 Å². The lowest BCUT2D eigenvalue weighted by atomic mass is 10.2. The summed E-state index contributed by atoms with van der Waals surface area (Å²) in [5.74, 6) is -0.166. The topological polar surface area (TPSA) is 86.3 Å². The van der Waals surface area contributed by atoms with Crippen molar-refractivity contribution in [1.29, 1.82) is 0 Å². The first-order valence-corrected chi connectivity index (χ1v) is 10.5. The standard InChI is InChI=1S/C13H29NO3S.C4H5NO/c1-4-7-10-14(6-3,11-8-5-2)12-9-13-18(15,16)17;1-3-2-5-4(3)6/h4-13H2,1-3H3;2H,1H3,(H,5,6). The van der Waals surface area contributed by atoms with Crippen molar-refractivity contribution in [3.63, 3.8) is 0 Å². The maximum atomic E-state index is 10.7. The summed E-state index contributed by atoms with van der Waals surface area (Å²) in [5.41, 5.74) is 0.815. The first kappa shape index (κ1) is 23.1. The van der Waals surface area contributed by atoms with Gasteiger partial charge in [0.05, 0.1) is 36.3 Å². The van der Waals surface area contributed by atoms with Crippen LogP contribution in [0.2, 0.25) is 0 Å². The van der Waals surface area contributed by atoms with Gasteiger partial charge in [-0.25, -0.2) is 8.42 Å². The number of carbonyl (C=O) groups excluding carboxylic acids is 1. The van der Waals surface area contributed by atoms with Gasteiger partial charge in [-0.05, 0) is 26.7 Å². The average molecular weight is 363 g/mol. The van der Waals surface area contributed by atoms with Crippen LogP contribution < -0.4 is 5.32 Å². The minimum absolute atomic E-state index is 0.0509. The number of rotatable bonds is 11. The van der Waals surface area contributed by atoms with E-state index in [2.05, 4.69) is 26.1 Å². The highest BCUT2D eigenvalue weighted by molar-refractivity contribution is 7.85. The number of hydrogen-bond acceptors (Lipinski definition) is 4. The van der Waals surface area contributed by atoms with Crippen LogP contribution in [0.5, 0.6) is 0 Å². The fourth-order valence-corrected chi connectivity index (χ4v) is 3.13. The SMILES string of the molecule is CC1=CNC1=O.CCCC[N+](CC)(CCCC)CCCS(=O)(=O)[O-]. The summed E-state index contributed by atoms with van der Waals surface area (Å²) in [7, 11) is -4.06. The van der Waals surface area contributed by atoms with E-state index in [0.29, 0.717) is 6.42 Å². The summed E-state index contributed by atoms with van der Waals surface area (Å²) in [6.07, 6.45) is 6.83. The monoisotopic (exact) mass is 362 g/mol. The summed E-state index contributed by atoms with van der Waals surface area (Å²) < 4.78 is 33.0. The Balaban J connectivity index is 0.000000728. The molecule has 0 aromatic carbocycles. The second kappa shape index (κ2) is 11.6. The summed E-state index contributed by atoms with van der Waals surface area (Å²) in [4.78, 5) is 10.1. The van der Waals surface area contributed by atoms with Crippen LogP contribution in [0.3, 0.4) is 0 Å². The van der Waals surface area contributed by atoms with Crippen LogP contribution in [0.1, 0.15) is 59.8 Å².